The minimum absolute atomic E-state index is 0.122. The van der Waals surface area contributed by atoms with E-state index in [9.17, 15) is 9.59 Å². The standard InChI is InChI=1S/C23H16N6O3/c24-23-26-12-15(13-27-23)18-11-17-3-1-2-9-29(17)19(18)20(30)21(31)28-16-6-4-14(5-7-16)22-25-8-10-32-22/h1-13H,(H,28,31)(H2,24,26,27). The summed E-state index contributed by atoms with van der Waals surface area (Å²) in [5.74, 6) is -0.875. The Balaban J connectivity index is 1.47. The third-order valence-electron chi connectivity index (χ3n) is 4.91. The van der Waals surface area contributed by atoms with Crippen molar-refractivity contribution in [3.63, 3.8) is 0 Å². The van der Waals surface area contributed by atoms with Gasteiger partial charge >= 0.3 is 0 Å². The van der Waals surface area contributed by atoms with Gasteiger partial charge in [0.05, 0.1) is 6.20 Å². The van der Waals surface area contributed by atoms with Crippen molar-refractivity contribution in [1.29, 1.82) is 0 Å². The molecule has 0 saturated heterocycles. The molecule has 4 heterocycles. The molecule has 1 aromatic carbocycles. The summed E-state index contributed by atoms with van der Waals surface area (Å²) in [5, 5.41) is 2.65. The number of aromatic nitrogens is 4. The zero-order valence-corrected chi connectivity index (χ0v) is 16.6. The third kappa shape index (κ3) is 3.47. The number of amides is 1. The first-order chi connectivity index (χ1) is 15.6. The monoisotopic (exact) mass is 424 g/mol. The van der Waals surface area contributed by atoms with Crippen molar-refractivity contribution in [2.75, 3.05) is 11.1 Å². The summed E-state index contributed by atoms with van der Waals surface area (Å²) < 4.78 is 6.92. The number of nitrogen functional groups attached to an aromatic ring is 1. The van der Waals surface area contributed by atoms with Crippen LogP contribution < -0.4 is 11.1 Å². The van der Waals surface area contributed by atoms with Crippen molar-refractivity contribution in [3.05, 3.63) is 85.3 Å². The minimum Gasteiger partial charge on any atom is -0.445 e. The smallest absolute Gasteiger partial charge is 0.298 e. The molecule has 0 fully saturated rings. The number of oxazole rings is 1. The third-order valence-corrected chi connectivity index (χ3v) is 4.91. The van der Waals surface area contributed by atoms with Gasteiger partial charge in [-0.1, -0.05) is 6.07 Å². The Kier molecular flexibility index (Phi) is 4.68. The Morgan fingerprint density at radius 2 is 1.75 bits per heavy atom. The number of fused-ring (bicyclic) bond motifs is 1. The van der Waals surface area contributed by atoms with Crippen molar-refractivity contribution >= 4 is 28.8 Å². The number of Topliss-reactive ketones (excluding diaryl/α,β-unsaturated/α-hetero) is 1. The van der Waals surface area contributed by atoms with Crippen LogP contribution in [0.2, 0.25) is 0 Å². The lowest BCUT2D eigenvalue weighted by atomic mass is 10.1. The van der Waals surface area contributed by atoms with E-state index < -0.39 is 11.7 Å². The van der Waals surface area contributed by atoms with Crippen LogP contribution in [0.5, 0.6) is 0 Å². The number of hydrogen-bond acceptors (Lipinski definition) is 7. The molecule has 5 rings (SSSR count). The van der Waals surface area contributed by atoms with Crippen molar-refractivity contribution in [1.82, 2.24) is 19.4 Å². The van der Waals surface area contributed by atoms with E-state index >= 15 is 0 Å². The molecular weight excluding hydrogens is 408 g/mol. The normalized spacial score (nSPS) is 10.9. The van der Waals surface area contributed by atoms with Gasteiger partial charge in [-0.2, -0.15) is 0 Å². The zero-order valence-electron chi connectivity index (χ0n) is 16.6. The maximum atomic E-state index is 13.2. The fourth-order valence-electron chi connectivity index (χ4n) is 3.41. The van der Waals surface area contributed by atoms with Gasteiger partial charge in [-0.3, -0.25) is 9.59 Å². The summed E-state index contributed by atoms with van der Waals surface area (Å²) in [6.07, 6.45) is 7.80. The van der Waals surface area contributed by atoms with E-state index in [0.717, 1.165) is 11.1 Å². The molecule has 9 heteroatoms. The van der Waals surface area contributed by atoms with Crippen LogP contribution in [0.3, 0.4) is 0 Å². The van der Waals surface area contributed by atoms with Crippen LogP contribution in [0.4, 0.5) is 11.6 Å². The van der Waals surface area contributed by atoms with Crippen LogP contribution >= 0.6 is 0 Å². The Labute approximate surface area is 181 Å². The number of anilines is 2. The minimum atomic E-state index is -0.768. The summed E-state index contributed by atoms with van der Waals surface area (Å²) in [6, 6.07) is 14.1. The van der Waals surface area contributed by atoms with Crippen LogP contribution in [-0.4, -0.2) is 31.0 Å². The molecule has 0 atom stereocenters. The lowest BCUT2D eigenvalue weighted by Gasteiger charge is -2.08. The average molecular weight is 424 g/mol. The highest BCUT2D eigenvalue weighted by molar-refractivity contribution is 6.47. The number of carbonyl (C=O) groups is 2. The van der Waals surface area contributed by atoms with Crippen LogP contribution in [0.15, 0.2) is 84.0 Å². The fraction of sp³-hybridized carbons (Fsp3) is 0. The highest BCUT2D eigenvalue weighted by atomic mass is 16.3. The lowest BCUT2D eigenvalue weighted by Crippen LogP contribution is -2.24. The molecule has 0 aliphatic carbocycles. The van der Waals surface area contributed by atoms with Gasteiger partial charge in [0.25, 0.3) is 11.7 Å². The van der Waals surface area contributed by atoms with Gasteiger partial charge in [-0.15, -0.1) is 0 Å². The zero-order chi connectivity index (χ0) is 22.1. The summed E-state index contributed by atoms with van der Waals surface area (Å²) in [6.45, 7) is 0. The highest BCUT2D eigenvalue weighted by Crippen LogP contribution is 2.28. The van der Waals surface area contributed by atoms with E-state index in [4.69, 9.17) is 10.2 Å². The van der Waals surface area contributed by atoms with Crippen LogP contribution in [0, 0.1) is 0 Å². The van der Waals surface area contributed by atoms with E-state index in [0.29, 0.717) is 22.7 Å². The number of rotatable bonds is 5. The lowest BCUT2D eigenvalue weighted by molar-refractivity contribution is -0.112. The topological polar surface area (TPSA) is 128 Å². The predicted molar refractivity (Wildman–Crippen MR) is 118 cm³/mol. The molecule has 0 bridgehead atoms. The summed E-state index contributed by atoms with van der Waals surface area (Å²) in [7, 11) is 0. The summed E-state index contributed by atoms with van der Waals surface area (Å²) in [5.41, 5.74) is 8.89. The van der Waals surface area contributed by atoms with Crippen LogP contribution in [0.1, 0.15) is 10.5 Å². The maximum absolute atomic E-state index is 13.2. The number of benzene rings is 1. The van der Waals surface area contributed by atoms with Crippen LogP contribution in [-0.2, 0) is 4.79 Å². The molecular formula is C23H16N6O3. The summed E-state index contributed by atoms with van der Waals surface area (Å²) in [4.78, 5) is 38.1. The van der Waals surface area contributed by atoms with Gasteiger partial charge < -0.3 is 19.9 Å². The molecule has 5 aromatic rings. The van der Waals surface area contributed by atoms with E-state index in [1.54, 1.807) is 53.2 Å². The molecule has 0 unspecified atom stereocenters. The van der Waals surface area contributed by atoms with E-state index in [-0.39, 0.29) is 11.6 Å². The second kappa shape index (κ2) is 7.80. The molecule has 3 N–H and O–H groups in total. The van der Waals surface area contributed by atoms with Crippen molar-refractivity contribution < 1.29 is 14.0 Å². The molecule has 4 aromatic heterocycles. The predicted octanol–water partition coefficient (Wildman–Crippen LogP) is 3.45. The molecule has 0 radical (unpaired) electrons. The molecule has 0 saturated carbocycles. The molecule has 32 heavy (non-hydrogen) atoms. The number of hydrogen-bond donors (Lipinski definition) is 2. The van der Waals surface area contributed by atoms with Gasteiger partial charge in [-0.05, 0) is 42.5 Å². The molecule has 0 spiro atoms. The second-order valence-electron chi connectivity index (χ2n) is 6.93. The number of ketones is 1. The first kappa shape index (κ1) is 19.2. The van der Waals surface area contributed by atoms with E-state index in [1.807, 2.05) is 12.1 Å². The van der Waals surface area contributed by atoms with Crippen molar-refractivity contribution in [2.45, 2.75) is 0 Å². The fourth-order valence-corrected chi connectivity index (χ4v) is 3.41. The van der Waals surface area contributed by atoms with Gasteiger partial charge in [0, 0.05) is 46.5 Å². The first-order valence-electron chi connectivity index (χ1n) is 9.64. The first-order valence-corrected chi connectivity index (χ1v) is 9.64. The van der Waals surface area contributed by atoms with Gasteiger partial charge in [-0.25, -0.2) is 15.0 Å². The SMILES string of the molecule is Nc1ncc(-c2cc3ccccn3c2C(=O)C(=O)Nc2ccc(-c3ncco3)cc2)cn1. The number of pyridine rings is 1. The number of nitrogens with one attached hydrogen (secondary N) is 1. The number of nitrogens with zero attached hydrogens (tertiary/aromatic N) is 4. The average Bonchev–Trinajstić information content (AvgIpc) is 3.48. The molecule has 0 aliphatic rings. The molecule has 9 nitrogen and oxygen atoms in total. The van der Waals surface area contributed by atoms with E-state index in [1.165, 1.54) is 18.7 Å². The Hall–Kier alpha value is -4.79. The van der Waals surface area contributed by atoms with Crippen molar-refractivity contribution in [2.24, 2.45) is 0 Å². The molecule has 1 amide bonds. The Morgan fingerprint density at radius 1 is 0.969 bits per heavy atom. The Morgan fingerprint density at radius 3 is 2.47 bits per heavy atom. The van der Waals surface area contributed by atoms with Gasteiger partial charge in [0.1, 0.15) is 12.0 Å². The summed E-state index contributed by atoms with van der Waals surface area (Å²) >= 11 is 0. The van der Waals surface area contributed by atoms with Crippen molar-refractivity contribution in [3.8, 4) is 22.6 Å². The molecule has 156 valence electrons. The van der Waals surface area contributed by atoms with E-state index in [2.05, 4.69) is 20.3 Å². The number of nitrogens with two attached hydrogens (primary N) is 1. The second-order valence-corrected chi connectivity index (χ2v) is 6.93. The number of carbonyl (C=O) groups excluding carboxylic acids is 2. The quantitative estimate of drug-likeness (QED) is 0.327. The molecule has 0 aliphatic heterocycles. The van der Waals surface area contributed by atoms with Crippen LogP contribution in [0.25, 0.3) is 28.1 Å². The largest absolute Gasteiger partial charge is 0.445 e. The van der Waals surface area contributed by atoms with Gasteiger partial charge in [0.15, 0.2) is 0 Å². The maximum Gasteiger partial charge on any atom is 0.298 e. The Bertz CT molecular complexity index is 1420. The van der Waals surface area contributed by atoms with Gasteiger partial charge in [0.2, 0.25) is 11.8 Å². The highest BCUT2D eigenvalue weighted by Gasteiger charge is 2.25.